The zero-order chi connectivity index (χ0) is 10.7. The van der Waals surface area contributed by atoms with Crippen molar-refractivity contribution in [3.63, 3.8) is 0 Å². The predicted molar refractivity (Wildman–Crippen MR) is 64.5 cm³/mol. The van der Waals surface area contributed by atoms with Gasteiger partial charge in [-0.25, -0.2) is 0 Å². The zero-order valence-corrected chi connectivity index (χ0v) is 10.4. The van der Waals surface area contributed by atoms with Gasteiger partial charge in [-0.1, -0.05) is 0 Å². The van der Waals surface area contributed by atoms with Crippen LogP contribution in [0.5, 0.6) is 0 Å². The van der Waals surface area contributed by atoms with Gasteiger partial charge in [-0.15, -0.1) is 0 Å². The van der Waals surface area contributed by atoms with Crippen LogP contribution in [0.4, 0.5) is 0 Å². The molecule has 2 rings (SSSR count). The summed E-state index contributed by atoms with van der Waals surface area (Å²) in [7, 11) is -0.623. The number of hydrogen-bond acceptors (Lipinski definition) is 3. The van der Waals surface area contributed by atoms with E-state index in [1.54, 1.807) is 6.26 Å². The third-order valence-corrected chi connectivity index (χ3v) is 4.51. The van der Waals surface area contributed by atoms with Gasteiger partial charge >= 0.3 is 0 Å². The average Bonchev–Trinajstić information content (AvgIpc) is 2.58. The molecule has 2 saturated heterocycles. The largest absolute Gasteiger partial charge is 0.314 e. The van der Waals surface area contributed by atoms with Crippen LogP contribution in [0, 0.1) is 5.92 Å². The van der Waals surface area contributed by atoms with Crippen LogP contribution in [0.25, 0.3) is 0 Å². The van der Waals surface area contributed by atoms with Gasteiger partial charge in [0.25, 0.3) is 0 Å². The van der Waals surface area contributed by atoms with E-state index in [0.717, 1.165) is 30.7 Å². The van der Waals surface area contributed by atoms with Crippen LogP contribution in [0.2, 0.25) is 0 Å². The molecule has 2 heterocycles. The monoisotopic (exact) mass is 230 g/mol. The van der Waals surface area contributed by atoms with Crippen LogP contribution in [0.1, 0.15) is 19.3 Å². The summed E-state index contributed by atoms with van der Waals surface area (Å²) < 4.78 is 10.9. The van der Waals surface area contributed by atoms with E-state index in [1.165, 1.54) is 32.5 Å². The highest BCUT2D eigenvalue weighted by atomic mass is 32.2. The summed E-state index contributed by atoms with van der Waals surface area (Å²) in [5.41, 5.74) is 0. The molecule has 0 aromatic rings. The molecule has 0 saturated carbocycles. The lowest BCUT2D eigenvalue weighted by Gasteiger charge is -2.31. The fourth-order valence-electron chi connectivity index (χ4n) is 2.78. The van der Waals surface area contributed by atoms with E-state index < -0.39 is 10.8 Å². The first-order valence-corrected chi connectivity index (χ1v) is 7.74. The maximum Gasteiger partial charge on any atom is 0.0244 e. The summed E-state index contributed by atoms with van der Waals surface area (Å²) >= 11 is 0. The second-order valence-electron chi connectivity index (χ2n) is 4.83. The van der Waals surface area contributed by atoms with E-state index in [2.05, 4.69) is 10.2 Å². The fourth-order valence-corrected chi connectivity index (χ4v) is 3.33. The van der Waals surface area contributed by atoms with E-state index in [4.69, 9.17) is 0 Å². The summed E-state index contributed by atoms with van der Waals surface area (Å²) in [4.78, 5) is 2.57. The van der Waals surface area contributed by atoms with E-state index >= 15 is 0 Å². The van der Waals surface area contributed by atoms with Crippen LogP contribution in [0.3, 0.4) is 0 Å². The molecule has 15 heavy (non-hydrogen) atoms. The Morgan fingerprint density at radius 2 is 2.20 bits per heavy atom. The first kappa shape index (κ1) is 11.6. The fraction of sp³-hybridized carbons (Fsp3) is 1.00. The van der Waals surface area contributed by atoms with Crippen molar-refractivity contribution >= 4 is 10.8 Å². The first-order valence-electron chi connectivity index (χ1n) is 6.01. The molecule has 0 aromatic heterocycles. The molecule has 4 heteroatoms. The van der Waals surface area contributed by atoms with Crippen molar-refractivity contribution in [1.29, 1.82) is 0 Å². The third-order valence-electron chi connectivity index (χ3n) is 3.65. The highest BCUT2D eigenvalue weighted by Gasteiger charge is 2.33. The van der Waals surface area contributed by atoms with Gasteiger partial charge < -0.3 is 10.2 Å². The smallest absolute Gasteiger partial charge is 0.0244 e. The molecule has 2 bridgehead atoms. The molecule has 1 N–H and O–H groups in total. The van der Waals surface area contributed by atoms with Gasteiger partial charge in [0.05, 0.1) is 0 Å². The Bertz CT molecular complexity index is 235. The van der Waals surface area contributed by atoms with Gasteiger partial charge in [0, 0.05) is 35.4 Å². The second-order valence-corrected chi connectivity index (χ2v) is 6.38. The van der Waals surface area contributed by atoms with Crippen molar-refractivity contribution in [2.75, 3.05) is 38.2 Å². The number of piperidine rings is 1. The molecule has 0 amide bonds. The van der Waals surface area contributed by atoms with Crippen molar-refractivity contribution in [1.82, 2.24) is 10.2 Å². The minimum absolute atomic E-state index is 0.623. The van der Waals surface area contributed by atoms with Gasteiger partial charge in [0.2, 0.25) is 0 Å². The van der Waals surface area contributed by atoms with Gasteiger partial charge in [-0.3, -0.25) is 4.21 Å². The molecule has 0 aliphatic carbocycles. The molecule has 0 spiro atoms. The molecular formula is C11H22N2OS. The van der Waals surface area contributed by atoms with Crippen LogP contribution < -0.4 is 5.32 Å². The van der Waals surface area contributed by atoms with Crippen LogP contribution in [0.15, 0.2) is 0 Å². The van der Waals surface area contributed by atoms with E-state index in [-0.39, 0.29) is 0 Å². The second kappa shape index (κ2) is 5.41. The number of hydrogen-bond donors (Lipinski definition) is 1. The highest BCUT2D eigenvalue weighted by molar-refractivity contribution is 7.84. The van der Waals surface area contributed by atoms with Crippen LogP contribution >= 0.6 is 0 Å². The van der Waals surface area contributed by atoms with Gasteiger partial charge in [0.15, 0.2) is 0 Å². The Balaban J connectivity index is 1.64. The summed E-state index contributed by atoms with van der Waals surface area (Å²) in [5, 5.41) is 3.64. The molecule has 0 radical (unpaired) electrons. The molecule has 88 valence electrons. The third kappa shape index (κ3) is 3.26. The van der Waals surface area contributed by atoms with Gasteiger partial charge in [-0.05, 0) is 44.8 Å². The molecule has 2 fully saturated rings. The SMILES string of the molecule is CS(=O)CCCNC1CCN2CCC1C2. The van der Waals surface area contributed by atoms with Crippen molar-refractivity contribution < 1.29 is 4.21 Å². The lowest BCUT2D eigenvalue weighted by Crippen LogP contribution is -2.44. The Morgan fingerprint density at radius 1 is 1.40 bits per heavy atom. The molecule has 0 aromatic carbocycles. The lowest BCUT2D eigenvalue weighted by molar-refractivity contribution is 0.222. The number of nitrogens with zero attached hydrogens (tertiary/aromatic N) is 1. The minimum atomic E-state index is -0.623. The van der Waals surface area contributed by atoms with Crippen molar-refractivity contribution in [3.05, 3.63) is 0 Å². The minimum Gasteiger partial charge on any atom is -0.314 e. The maximum atomic E-state index is 10.9. The molecule has 2 aliphatic rings. The molecular weight excluding hydrogens is 208 g/mol. The first-order chi connectivity index (χ1) is 7.25. The zero-order valence-electron chi connectivity index (χ0n) is 9.58. The summed E-state index contributed by atoms with van der Waals surface area (Å²) in [6.45, 7) is 4.92. The van der Waals surface area contributed by atoms with Crippen LogP contribution in [-0.2, 0) is 10.8 Å². The Hall–Kier alpha value is 0.0700. The van der Waals surface area contributed by atoms with Crippen molar-refractivity contribution in [2.45, 2.75) is 25.3 Å². The Labute approximate surface area is 95.1 Å². The van der Waals surface area contributed by atoms with E-state index in [9.17, 15) is 4.21 Å². The molecule has 2 aliphatic heterocycles. The van der Waals surface area contributed by atoms with E-state index in [1.807, 2.05) is 0 Å². The predicted octanol–water partition coefficient (Wildman–Crippen LogP) is 0.439. The maximum absolute atomic E-state index is 10.9. The standard InChI is InChI=1S/C11H22N2OS/c1-15(14)8-2-5-12-11-4-7-13-6-3-10(11)9-13/h10-12H,2-9H2,1H3. The molecule has 4 atom stereocenters. The summed E-state index contributed by atoms with van der Waals surface area (Å²) in [6.07, 6.45) is 5.52. The molecule has 3 nitrogen and oxygen atoms in total. The quantitative estimate of drug-likeness (QED) is 0.696. The number of rotatable bonds is 5. The topological polar surface area (TPSA) is 32.3 Å². The Morgan fingerprint density at radius 3 is 3.00 bits per heavy atom. The molecule has 4 unspecified atom stereocenters. The number of nitrogens with one attached hydrogen (secondary N) is 1. The average molecular weight is 230 g/mol. The van der Waals surface area contributed by atoms with E-state index in [0.29, 0.717) is 0 Å². The van der Waals surface area contributed by atoms with Crippen molar-refractivity contribution in [2.24, 2.45) is 5.92 Å². The van der Waals surface area contributed by atoms with Gasteiger partial charge in [-0.2, -0.15) is 0 Å². The van der Waals surface area contributed by atoms with Gasteiger partial charge in [0.1, 0.15) is 0 Å². The Kier molecular flexibility index (Phi) is 4.17. The highest BCUT2D eigenvalue weighted by Crippen LogP contribution is 2.26. The normalized spacial score (nSPS) is 36.7. The lowest BCUT2D eigenvalue weighted by atomic mass is 9.94. The summed E-state index contributed by atoms with van der Waals surface area (Å²) in [5.74, 6) is 1.72. The van der Waals surface area contributed by atoms with Crippen molar-refractivity contribution in [3.8, 4) is 0 Å². The summed E-state index contributed by atoms with van der Waals surface area (Å²) in [6, 6.07) is 0.731. The number of fused-ring (bicyclic) bond motifs is 2. The van der Waals surface area contributed by atoms with Crippen LogP contribution in [-0.4, -0.2) is 53.3 Å².